The molecule has 0 aliphatic carbocycles. The molecule has 4 aromatic carbocycles. The van der Waals surface area contributed by atoms with Gasteiger partial charge >= 0.3 is 0 Å². The first-order chi connectivity index (χ1) is 28.7. The summed E-state index contributed by atoms with van der Waals surface area (Å²) in [5, 5.41) is 19.7. The zero-order valence-electron chi connectivity index (χ0n) is 38.2. The van der Waals surface area contributed by atoms with Gasteiger partial charge in [-0.15, -0.1) is 91.3 Å². The number of hydrogen-bond donors (Lipinski definition) is 0. The standard InChI is InChI=1S/4C13H11S2.4Y/c1-7-6-14-13-9(3)11-4-8(2)15-12(11)5-10(7)13;1-7-6-14-11-5-10-4-8(2)15-13(10)9(3)12(7)11;1-7-5-15-13-9(3)12-8(2)6-14-11(12)4-10(7)13;1-7-4-10-6-12-11(5-8(2)14-12)9(3)13(10)15-7;;;;/h2*4,6H,1-3H3;5-6H,1-3H3;4-5H,1-3H3;;;;/q4*-1;;;;. The molecule has 0 aliphatic heterocycles. The van der Waals surface area contributed by atoms with E-state index < -0.39 is 0 Å². The van der Waals surface area contributed by atoms with Crippen molar-refractivity contribution in [2.24, 2.45) is 0 Å². The van der Waals surface area contributed by atoms with E-state index in [9.17, 15) is 0 Å². The summed E-state index contributed by atoms with van der Waals surface area (Å²) in [4.78, 5) is 5.50. The van der Waals surface area contributed by atoms with Crippen LogP contribution in [0, 0.1) is 107 Å². The summed E-state index contributed by atoms with van der Waals surface area (Å²) in [5.41, 5.74) is 11.2. The summed E-state index contributed by atoms with van der Waals surface area (Å²) in [5.74, 6) is 0. The second kappa shape index (κ2) is 23.0. The van der Waals surface area contributed by atoms with Crippen LogP contribution in [0.25, 0.3) is 80.7 Å². The number of hydrogen-bond acceptors (Lipinski definition) is 8. The number of benzene rings is 4. The average molecular weight is 1280 g/mol. The summed E-state index contributed by atoms with van der Waals surface area (Å²) >= 11 is 14.7. The van der Waals surface area contributed by atoms with E-state index in [0.717, 1.165) is 0 Å². The predicted octanol–water partition coefficient (Wildman–Crippen LogP) is 19.4. The molecule has 0 spiro atoms. The third-order valence-electron chi connectivity index (χ3n) is 11.2. The van der Waals surface area contributed by atoms with Gasteiger partial charge in [-0.25, -0.2) is 45.3 Å². The fraction of sp³-hybridized carbons (Fsp3) is 0.231. The van der Waals surface area contributed by atoms with Crippen molar-refractivity contribution in [1.82, 2.24) is 0 Å². The maximum Gasteiger partial charge on any atom is 0 e. The van der Waals surface area contributed by atoms with Crippen molar-refractivity contribution >= 4 is 171 Å². The van der Waals surface area contributed by atoms with Gasteiger partial charge in [0, 0.05) is 131 Å². The Kier molecular flexibility index (Phi) is 20.1. The monoisotopic (exact) mass is 1280 g/mol. The molecule has 0 saturated heterocycles. The number of fused-ring (bicyclic) bond motifs is 8. The Morgan fingerprint density at radius 3 is 1.17 bits per heavy atom. The SMILES string of the molecule is Cc1cc2[c-]c3scc(C)c3c(C)c2s1.Cc1cc2c(C)c3sc(C)cc3[c-]c2s1.Cc1cc2c(C)c3scc(C)c3[c-]c2s1.Cc1csc2c(C)c3c(C)csc3[c-]c12.[Y].[Y].[Y].[Y]. The van der Waals surface area contributed by atoms with Crippen LogP contribution in [0.3, 0.4) is 0 Å². The van der Waals surface area contributed by atoms with Crippen molar-refractivity contribution < 1.29 is 131 Å². The van der Waals surface area contributed by atoms with Gasteiger partial charge in [-0.3, -0.25) is 0 Å². The predicted molar refractivity (Wildman–Crippen MR) is 281 cm³/mol. The van der Waals surface area contributed by atoms with E-state index in [1.807, 2.05) is 68.0 Å². The van der Waals surface area contributed by atoms with E-state index >= 15 is 0 Å². The molecule has 0 atom stereocenters. The van der Waals surface area contributed by atoms with Gasteiger partial charge in [0.25, 0.3) is 0 Å². The van der Waals surface area contributed by atoms with Crippen LogP contribution >= 0.6 is 90.7 Å². The molecule has 0 saturated carbocycles. The maximum atomic E-state index is 3.55. The molecule has 316 valence electrons. The first kappa shape index (κ1) is 55.9. The Morgan fingerprint density at radius 1 is 0.328 bits per heavy atom. The van der Waals surface area contributed by atoms with Crippen molar-refractivity contribution in [3.63, 3.8) is 0 Å². The van der Waals surface area contributed by atoms with E-state index in [1.165, 1.54) is 145 Å². The Hall–Kier alpha value is 0.976. The molecule has 0 bridgehead atoms. The minimum absolute atomic E-state index is 0. The quantitative estimate of drug-likeness (QED) is 0.133. The summed E-state index contributed by atoms with van der Waals surface area (Å²) in [6.45, 7) is 26.3. The minimum atomic E-state index is 0. The topological polar surface area (TPSA) is 0 Å². The van der Waals surface area contributed by atoms with E-state index in [1.54, 1.807) is 22.7 Å². The van der Waals surface area contributed by atoms with Crippen molar-refractivity contribution in [3.05, 3.63) is 134 Å². The van der Waals surface area contributed by atoms with Crippen LogP contribution in [0.2, 0.25) is 0 Å². The average Bonchev–Trinajstić information content (AvgIpc) is 4.08. The minimum Gasteiger partial charge on any atom is -0.206 e. The molecular formula is C52H44S8Y4-4. The molecule has 12 heteroatoms. The third-order valence-corrected chi connectivity index (χ3v) is 19.9. The molecule has 8 heterocycles. The van der Waals surface area contributed by atoms with Crippen LogP contribution in [0.4, 0.5) is 0 Å². The smallest absolute Gasteiger partial charge is 0 e. The van der Waals surface area contributed by atoms with E-state index in [2.05, 4.69) is 153 Å². The molecular weight excluding hydrogens is 1240 g/mol. The molecule has 12 aromatic rings. The Morgan fingerprint density at radius 2 is 0.672 bits per heavy atom. The van der Waals surface area contributed by atoms with Crippen molar-refractivity contribution in [2.45, 2.75) is 83.1 Å². The van der Waals surface area contributed by atoms with Crippen molar-refractivity contribution in [2.75, 3.05) is 0 Å². The van der Waals surface area contributed by atoms with E-state index in [4.69, 9.17) is 0 Å². The molecule has 4 radical (unpaired) electrons. The zero-order chi connectivity index (χ0) is 42.3. The Bertz CT molecular complexity index is 3470. The Labute approximate surface area is 510 Å². The van der Waals surface area contributed by atoms with E-state index in [0.29, 0.717) is 0 Å². The molecule has 64 heavy (non-hydrogen) atoms. The fourth-order valence-electron chi connectivity index (χ4n) is 8.24. The second-order valence-corrected chi connectivity index (χ2v) is 24.4. The van der Waals surface area contributed by atoms with Crippen LogP contribution < -0.4 is 0 Å². The van der Waals surface area contributed by atoms with Crippen LogP contribution in [0.1, 0.15) is 64.0 Å². The van der Waals surface area contributed by atoms with E-state index in [-0.39, 0.29) is 131 Å². The number of rotatable bonds is 0. The summed E-state index contributed by atoms with van der Waals surface area (Å²) in [6.07, 6.45) is 0. The van der Waals surface area contributed by atoms with Crippen molar-refractivity contribution in [1.29, 1.82) is 0 Å². The summed E-state index contributed by atoms with van der Waals surface area (Å²) in [7, 11) is 0. The third kappa shape index (κ3) is 10.9. The normalized spacial score (nSPS) is 10.9. The van der Waals surface area contributed by atoms with Gasteiger partial charge in [0.05, 0.1) is 0 Å². The first-order valence-electron chi connectivity index (χ1n) is 19.9. The van der Waals surface area contributed by atoms with Gasteiger partial charge in [-0.2, -0.15) is 45.3 Å². The Balaban J connectivity index is 0.000000157. The number of aryl methyl sites for hydroxylation is 12. The van der Waals surface area contributed by atoms with Gasteiger partial charge in [-0.1, -0.05) is 116 Å². The van der Waals surface area contributed by atoms with Gasteiger partial charge in [0.1, 0.15) is 0 Å². The zero-order valence-corrected chi connectivity index (χ0v) is 56.1. The molecule has 8 aromatic heterocycles. The summed E-state index contributed by atoms with van der Waals surface area (Å²) < 4.78 is 10.8. The van der Waals surface area contributed by atoms with Gasteiger partial charge < -0.3 is 0 Å². The fourth-order valence-corrected chi connectivity index (χ4v) is 16.2. The molecule has 0 amide bonds. The number of thiophene rings is 8. The van der Waals surface area contributed by atoms with Gasteiger partial charge in [0.2, 0.25) is 0 Å². The molecule has 0 aliphatic rings. The molecule has 12 rings (SSSR count). The van der Waals surface area contributed by atoms with Gasteiger partial charge in [0.15, 0.2) is 0 Å². The molecule has 0 nitrogen and oxygen atoms in total. The second-order valence-electron chi connectivity index (χ2n) is 15.9. The maximum absolute atomic E-state index is 3.55. The molecule has 0 N–H and O–H groups in total. The van der Waals surface area contributed by atoms with Crippen LogP contribution in [0.15, 0.2) is 45.8 Å². The van der Waals surface area contributed by atoms with Gasteiger partial charge in [-0.05, 0) is 90.6 Å². The van der Waals surface area contributed by atoms with Crippen molar-refractivity contribution in [3.8, 4) is 0 Å². The summed E-state index contributed by atoms with van der Waals surface area (Å²) in [6, 6.07) is 23.2. The molecule has 0 unspecified atom stereocenters. The van der Waals surface area contributed by atoms with Crippen LogP contribution in [-0.4, -0.2) is 0 Å². The van der Waals surface area contributed by atoms with Crippen LogP contribution in [-0.2, 0) is 131 Å². The molecule has 0 fully saturated rings. The first-order valence-corrected chi connectivity index (χ1v) is 26.6. The largest absolute Gasteiger partial charge is 0.206 e. The van der Waals surface area contributed by atoms with Crippen LogP contribution in [0.5, 0.6) is 0 Å².